The molecule has 0 amide bonds. The Kier molecular flexibility index (Phi) is 4.79. The Morgan fingerprint density at radius 2 is 1.89 bits per heavy atom. The van der Waals surface area contributed by atoms with Crippen LogP contribution < -0.4 is 10.4 Å². The minimum Gasteiger partial charge on any atom is -0.423 e. The lowest BCUT2D eigenvalue weighted by molar-refractivity contribution is 0.231. The summed E-state index contributed by atoms with van der Waals surface area (Å²) >= 11 is 0. The van der Waals surface area contributed by atoms with Crippen LogP contribution in [-0.2, 0) is 0 Å². The van der Waals surface area contributed by atoms with E-state index in [-0.39, 0.29) is 0 Å². The Labute approximate surface area is 115 Å². The second kappa shape index (κ2) is 6.37. The summed E-state index contributed by atoms with van der Waals surface area (Å²) < 4.78 is 0. The van der Waals surface area contributed by atoms with Crippen molar-refractivity contribution in [2.24, 2.45) is 5.92 Å². The van der Waals surface area contributed by atoms with Crippen LogP contribution in [0.2, 0.25) is 0 Å². The van der Waals surface area contributed by atoms with E-state index in [1.165, 1.54) is 6.20 Å². The van der Waals surface area contributed by atoms with Gasteiger partial charge in [0.05, 0.1) is 0 Å². The highest BCUT2D eigenvalue weighted by Crippen LogP contribution is 2.12. The maximum atomic E-state index is 9.04. The van der Waals surface area contributed by atoms with Crippen LogP contribution >= 0.6 is 0 Å². The average Bonchev–Trinajstić information content (AvgIpc) is 2.39. The van der Waals surface area contributed by atoms with Crippen molar-refractivity contribution in [1.82, 2.24) is 9.88 Å². The molecule has 1 aliphatic heterocycles. The number of pyridine rings is 1. The van der Waals surface area contributed by atoms with Crippen LogP contribution in [0.3, 0.4) is 0 Å². The average molecular weight is 263 g/mol. The molecule has 0 bridgehead atoms. The van der Waals surface area contributed by atoms with Gasteiger partial charge in [0.2, 0.25) is 0 Å². The van der Waals surface area contributed by atoms with Crippen LogP contribution in [0.15, 0.2) is 18.3 Å². The summed E-state index contributed by atoms with van der Waals surface area (Å²) in [5, 5.41) is 18.1. The number of piperazine rings is 1. The number of nitrogens with zero attached hydrogens (tertiary/aromatic N) is 3. The number of hydrogen-bond acceptors (Lipinski definition) is 5. The van der Waals surface area contributed by atoms with Gasteiger partial charge in [-0.1, -0.05) is 19.9 Å². The molecule has 2 rings (SSSR count). The lowest BCUT2D eigenvalue weighted by atomic mass is 9.82. The Balaban J connectivity index is 1.90. The van der Waals surface area contributed by atoms with Gasteiger partial charge in [0.1, 0.15) is 5.82 Å². The van der Waals surface area contributed by atoms with E-state index in [2.05, 4.69) is 28.6 Å². The topological polar surface area (TPSA) is 59.8 Å². The maximum absolute atomic E-state index is 9.04. The number of rotatable bonds is 4. The largest absolute Gasteiger partial charge is 0.490 e. The molecule has 1 aromatic rings. The zero-order valence-corrected chi connectivity index (χ0v) is 11.7. The molecule has 1 aliphatic rings. The van der Waals surface area contributed by atoms with Crippen molar-refractivity contribution in [3.63, 3.8) is 0 Å². The van der Waals surface area contributed by atoms with Gasteiger partial charge in [0.15, 0.2) is 0 Å². The van der Waals surface area contributed by atoms with Crippen molar-refractivity contribution >= 4 is 18.4 Å². The Bertz CT molecular complexity index is 389. The quantitative estimate of drug-likeness (QED) is 0.720. The van der Waals surface area contributed by atoms with E-state index >= 15 is 0 Å². The third-order valence-corrected chi connectivity index (χ3v) is 3.39. The van der Waals surface area contributed by atoms with Crippen molar-refractivity contribution in [1.29, 1.82) is 0 Å². The first-order valence-corrected chi connectivity index (χ1v) is 6.85. The van der Waals surface area contributed by atoms with E-state index in [1.54, 1.807) is 6.07 Å². The second-order valence-corrected chi connectivity index (χ2v) is 5.50. The van der Waals surface area contributed by atoms with Crippen molar-refractivity contribution in [3.8, 4) is 0 Å². The second-order valence-electron chi connectivity index (χ2n) is 5.50. The van der Waals surface area contributed by atoms with Gasteiger partial charge in [-0.3, -0.25) is 4.90 Å². The Morgan fingerprint density at radius 1 is 1.21 bits per heavy atom. The lowest BCUT2D eigenvalue weighted by Gasteiger charge is -2.36. The summed E-state index contributed by atoms with van der Waals surface area (Å²) in [4.78, 5) is 9.02. The molecule has 6 heteroatoms. The first kappa shape index (κ1) is 14.3. The van der Waals surface area contributed by atoms with Crippen molar-refractivity contribution in [2.45, 2.75) is 13.8 Å². The van der Waals surface area contributed by atoms with E-state index in [9.17, 15) is 0 Å². The SMILES string of the molecule is CC(C)CN1CCN(c2ccc(B(O)O)cn2)CC1. The molecule has 0 saturated carbocycles. The fourth-order valence-corrected chi connectivity index (χ4v) is 2.41. The molecule has 0 aromatic carbocycles. The number of anilines is 1. The molecule has 2 heterocycles. The van der Waals surface area contributed by atoms with E-state index in [4.69, 9.17) is 10.0 Å². The Morgan fingerprint density at radius 3 is 2.37 bits per heavy atom. The van der Waals surface area contributed by atoms with Gasteiger partial charge >= 0.3 is 7.12 Å². The van der Waals surface area contributed by atoms with Crippen LogP contribution in [-0.4, -0.2) is 59.8 Å². The molecular weight excluding hydrogens is 241 g/mol. The normalized spacial score (nSPS) is 17.0. The fraction of sp³-hybridized carbons (Fsp3) is 0.615. The zero-order valence-electron chi connectivity index (χ0n) is 11.7. The predicted octanol–water partition coefficient (Wildman–Crippen LogP) is -0.461. The predicted molar refractivity (Wildman–Crippen MR) is 77.6 cm³/mol. The van der Waals surface area contributed by atoms with Gasteiger partial charge in [-0.2, -0.15) is 0 Å². The maximum Gasteiger partial charge on any atom is 0.490 e. The van der Waals surface area contributed by atoms with Gasteiger partial charge in [0.25, 0.3) is 0 Å². The first-order valence-electron chi connectivity index (χ1n) is 6.85. The standard InChI is InChI=1S/C13H22BN3O2/c1-11(2)10-16-5-7-17(8-6-16)13-4-3-12(9-15-13)14(18)19/h3-4,9,11,18-19H,5-8,10H2,1-2H3. The fourth-order valence-electron chi connectivity index (χ4n) is 2.41. The third kappa shape index (κ3) is 3.93. The summed E-state index contributed by atoms with van der Waals surface area (Å²) in [5.41, 5.74) is 0.433. The highest BCUT2D eigenvalue weighted by molar-refractivity contribution is 6.58. The molecule has 1 fully saturated rings. The van der Waals surface area contributed by atoms with Crippen molar-refractivity contribution < 1.29 is 10.0 Å². The van der Waals surface area contributed by atoms with Gasteiger partial charge in [-0.05, 0) is 12.0 Å². The van der Waals surface area contributed by atoms with E-state index in [1.807, 2.05) is 6.07 Å². The van der Waals surface area contributed by atoms with Crippen LogP contribution in [0, 0.1) is 5.92 Å². The highest BCUT2D eigenvalue weighted by atomic mass is 16.4. The molecule has 0 atom stereocenters. The lowest BCUT2D eigenvalue weighted by Crippen LogP contribution is -2.47. The van der Waals surface area contributed by atoms with Crippen LogP contribution in [0.4, 0.5) is 5.82 Å². The molecule has 0 spiro atoms. The molecular formula is C13H22BN3O2. The van der Waals surface area contributed by atoms with E-state index < -0.39 is 7.12 Å². The molecule has 0 unspecified atom stereocenters. The van der Waals surface area contributed by atoms with Gasteiger partial charge in [-0.25, -0.2) is 4.98 Å². The molecule has 0 aliphatic carbocycles. The Hall–Kier alpha value is -1.11. The molecule has 2 N–H and O–H groups in total. The van der Waals surface area contributed by atoms with Crippen LogP contribution in [0.25, 0.3) is 0 Å². The summed E-state index contributed by atoms with van der Waals surface area (Å²) in [6.07, 6.45) is 1.53. The minimum absolute atomic E-state index is 0.433. The van der Waals surface area contributed by atoms with Crippen LogP contribution in [0.1, 0.15) is 13.8 Å². The molecule has 1 aromatic heterocycles. The molecule has 0 radical (unpaired) electrons. The zero-order chi connectivity index (χ0) is 13.8. The monoisotopic (exact) mass is 263 g/mol. The van der Waals surface area contributed by atoms with Crippen LogP contribution in [0.5, 0.6) is 0 Å². The van der Waals surface area contributed by atoms with E-state index in [0.717, 1.165) is 38.5 Å². The van der Waals surface area contributed by atoms with Crippen molar-refractivity contribution in [2.75, 3.05) is 37.6 Å². The van der Waals surface area contributed by atoms with E-state index in [0.29, 0.717) is 11.4 Å². The molecule has 1 saturated heterocycles. The minimum atomic E-state index is -1.44. The molecule has 5 nitrogen and oxygen atoms in total. The smallest absolute Gasteiger partial charge is 0.423 e. The summed E-state index contributed by atoms with van der Waals surface area (Å²) in [6.45, 7) is 9.70. The molecule has 19 heavy (non-hydrogen) atoms. The highest BCUT2D eigenvalue weighted by Gasteiger charge is 2.19. The summed E-state index contributed by atoms with van der Waals surface area (Å²) in [7, 11) is -1.44. The van der Waals surface area contributed by atoms with Gasteiger partial charge < -0.3 is 14.9 Å². The molecule has 104 valence electrons. The first-order chi connectivity index (χ1) is 9.06. The third-order valence-electron chi connectivity index (χ3n) is 3.39. The van der Waals surface area contributed by atoms with Gasteiger partial charge in [-0.15, -0.1) is 0 Å². The van der Waals surface area contributed by atoms with Gasteiger partial charge in [0, 0.05) is 44.4 Å². The van der Waals surface area contributed by atoms with Crippen molar-refractivity contribution in [3.05, 3.63) is 18.3 Å². The summed E-state index contributed by atoms with van der Waals surface area (Å²) in [6, 6.07) is 3.57. The number of hydrogen-bond donors (Lipinski definition) is 2. The number of aromatic nitrogens is 1. The summed E-state index contributed by atoms with van der Waals surface area (Å²) in [5.74, 6) is 1.61.